The van der Waals surface area contributed by atoms with Gasteiger partial charge in [-0.05, 0) is 71.9 Å². The predicted molar refractivity (Wildman–Crippen MR) is 90.7 cm³/mol. The van der Waals surface area contributed by atoms with Gasteiger partial charge in [0, 0.05) is 12.1 Å². The molecule has 0 radical (unpaired) electrons. The Bertz CT molecular complexity index is 396. The number of ether oxygens (including phenoxy) is 1. The molecule has 0 fully saturated rings. The Morgan fingerprint density at radius 3 is 2.38 bits per heavy atom. The first-order chi connectivity index (χ1) is 9.88. The molecule has 0 aromatic heterocycles. The van der Waals surface area contributed by atoms with Crippen LogP contribution < -0.4 is 5.32 Å². The topological polar surface area (TPSA) is 24.5 Å². The number of rotatable bonds is 9. The zero-order chi connectivity index (χ0) is 15.7. The van der Waals surface area contributed by atoms with Crippen molar-refractivity contribution in [1.82, 2.24) is 10.2 Å². The van der Waals surface area contributed by atoms with E-state index >= 15 is 0 Å². The van der Waals surface area contributed by atoms with Crippen LogP contribution in [0.5, 0.6) is 0 Å². The third-order valence-electron chi connectivity index (χ3n) is 3.32. The van der Waals surface area contributed by atoms with Crippen LogP contribution in [-0.2, 0) is 17.8 Å². The lowest BCUT2D eigenvalue weighted by atomic mass is 10.0. The largest absolute Gasteiger partial charge is 0.377 e. The number of hydrogen-bond acceptors (Lipinski definition) is 3. The van der Waals surface area contributed by atoms with Gasteiger partial charge in [-0.2, -0.15) is 0 Å². The quantitative estimate of drug-likeness (QED) is 0.708. The molecule has 0 bridgehead atoms. The number of nitrogens with zero attached hydrogens (tertiary/aromatic N) is 1. The van der Waals surface area contributed by atoms with Crippen LogP contribution in [0.2, 0.25) is 0 Å². The van der Waals surface area contributed by atoms with Gasteiger partial charge in [0.1, 0.15) is 0 Å². The molecule has 1 N–H and O–H groups in total. The minimum atomic E-state index is 0.178. The smallest absolute Gasteiger partial charge is 0.0719 e. The molecule has 0 saturated carbocycles. The summed E-state index contributed by atoms with van der Waals surface area (Å²) < 4.78 is 5.81. The zero-order valence-electron chi connectivity index (χ0n) is 14.4. The van der Waals surface area contributed by atoms with E-state index in [2.05, 4.69) is 69.3 Å². The van der Waals surface area contributed by atoms with Crippen LogP contribution in [0.1, 0.15) is 38.3 Å². The molecule has 1 aromatic rings. The molecule has 0 amide bonds. The molecule has 0 atom stereocenters. The molecule has 0 heterocycles. The molecule has 0 spiro atoms. The van der Waals surface area contributed by atoms with E-state index in [4.69, 9.17) is 4.74 Å². The first-order valence-corrected chi connectivity index (χ1v) is 7.93. The highest BCUT2D eigenvalue weighted by atomic mass is 16.5. The fourth-order valence-electron chi connectivity index (χ4n) is 2.18. The maximum atomic E-state index is 5.81. The lowest BCUT2D eigenvalue weighted by Gasteiger charge is -2.21. The van der Waals surface area contributed by atoms with Crippen molar-refractivity contribution < 1.29 is 4.74 Å². The average Bonchev–Trinajstić information content (AvgIpc) is 2.38. The van der Waals surface area contributed by atoms with E-state index in [1.807, 2.05) is 0 Å². The fourth-order valence-corrected chi connectivity index (χ4v) is 2.18. The lowest BCUT2D eigenvalue weighted by Crippen LogP contribution is -2.37. The lowest BCUT2D eigenvalue weighted by molar-refractivity contribution is 0.112. The summed E-state index contributed by atoms with van der Waals surface area (Å²) in [7, 11) is 4.19. The van der Waals surface area contributed by atoms with Gasteiger partial charge in [-0.15, -0.1) is 0 Å². The van der Waals surface area contributed by atoms with Crippen molar-refractivity contribution >= 4 is 0 Å². The summed E-state index contributed by atoms with van der Waals surface area (Å²) in [4.78, 5) is 2.19. The maximum absolute atomic E-state index is 5.81. The Balaban J connectivity index is 2.36. The molecule has 0 unspecified atom stereocenters. The standard InChI is InChI=1S/C18H32N2O/c1-18(2,3)19-12-11-16-9-6-7-10-17(16)15-21-14-8-13-20(4)5/h6-7,9-10,19H,8,11-15H2,1-5H3. The van der Waals surface area contributed by atoms with Gasteiger partial charge in [0.05, 0.1) is 6.61 Å². The van der Waals surface area contributed by atoms with Crippen molar-refractivity contribution in [3.05, 3.63) is 35.4 Å². The van der Waals surface area contributed by atoms with E-state index in [-0.39, 0.29) is 5.54 Å². The van der Waals surface area contributed by atoms with Gasteiger partial charge in [-0.1, -0.05) is 24.3 Å². The maximum Gasteiger partial charge on any atom is 0.0719 e. The van der Waals surface area contributed by atoms with E-state index in [9.17, 15) is 0 Å². The Morgan fingerprint density at radius 2 is 1.76 bits per heavy atom. The SMILES string of the molecule is CN(C)CCCOCc1ccccc1CCNC(C)(C)C. The van der Waals surface area contributed by atoms with Gasteiger partial charge in [-0.3, -0.25) is 0 Å². The summed E-state index contributed by atoms with van der Waals surface area (Å²) in [5.41, 5.74) is 2.89. The van der Waals surface area contributed by atoms with Crippen LogP contribution in [0, 0.1) is 0 Å². The Hall–Kier alpha value is -0.900. The van der Waals surface area contributed by atoms with Gasteiger partial charge >= 0.3 is 0 Å². The van der Waals surface area contributed by atoms with Gasteiger partial charge in [-0.25, -0.2) is 0 Å². The summed E-state index contributed by atoms with van der Waals surface area (Å²) in [5, 5.41) is 3.54. The van der Waals surface area contributed by atoms with Crippen molar-refractivity contribution in [2.45, 2.75) is 45.8 Å². The summed E-state index contributed by atoms with van der Waals surface area (Å²) >= 11 is 0. The Morgan fingerprint density at radius 1 is 1.10 bits per heavy atom. The van der Waals surface area contributed by atoms with E-state index < -0.39 is 0 Å². The fraction of sp³-hybridized carbons (Fsp3) is 0.667. The van der Waals surface area contributed by atoms with Crippen molar-refractivity contribution in [2.24, 2.45) is 0 Å². The number of hydrogen-bond donors (Lipinski definition) is 1. The monoisotopic (exact) mass is 292 g/mol. The summed E-state index contributed by atoms with van der Waals surface area (Å²) in [6, 6.07) is 8.60. The van der Waals surface area contributed by atoms with E-state index in [0.717, 1.165) is 39.1 Å². The number of nitrogens with one attached hydrogen (secondary N) is 1. The molecule has 3 heteroatoms. The minimum Gasteiger partial charge on any atom is -0.377 e. The van der Waals surface area contributed by atoms with Gasteiger partial charge in [0.25, 0.3) is 0 Å². The summed E-state index contributed by atoms with van der Waals surface area (Å²) in [5.74, 6) is 0. The first-order valence-electron chi connectivity index (χ1n) is 7.93. The minimum absolute atomic E-state index is 0.178. The molecule has 0 saturated heterocycles. The van der Waals surface area contributed by atoms with Crippen molar-refractivity contribution in [3.63, 3.8) is 0 Å². The summed E-state index contributed by atoms with van der Waals surface area (Å²) in [6.45, 7) is 10.2. The second-order valence-corrected chi connectivity index (χ2v) is 6.90. The third-order valence-corrected chi connectivity index (χ3v) is 3.32. The molecular weight excluding hydrogens is 260 g/mol. The van der Waals surface area contributed by atoms with E-state index in [1.54, 1.807) is 0 Å². The molecule has 120 valence electrons. The van der Waals surface area contributed by atoms with Crippen LogP contribution >= 0.6 is 0 Å². The predicted octanol–water partition coefficient (Wildman–Crippen LogP) is 3.09. The second kappa shape index (κ2) is 9.19. The van der Waals surface area contributed by atoms with Crippen LogP contribution in [0.25, 0.3) is 0 Å². The Labute approximate surface area is 130 Å². The molecule has 3 nitrogen and oxygen atoms in total. The molecule has 0 aliphatic rings. The van der Waals surface area contributed by atoms with E-state index in [0.29, 0.717) is 0 Å². The summed E-state index contributed by atoms with van der Waals surface area (Å²) in [6.07, 6.45) is 2.13. The first kappa shape index (κ1) is 18.1. The molecule has 21 heavy (non-hydrogen) atoms. The highest BCUT2D eigenvalue weighted by Crippen LogP contribution is 2.11. The molecule has 1 aromatic carbocycles. The second-order valence-electron chi connectivity index (χ2n) is 6.90. The third kappa shape index (κ3) is 8.86. The Kier molecular flexibility index (Phi) is 7.94. The molecule has 1 rings (SSSR count). The van der Waals surface area contributed by atoms with Crippen molar-refractivity contribution in [2.75, 3.05) is 33.8 Å². The molecule has 0 aliphatic carbocycles. The van der Waals surface area contributed by atoms with Crippen molar-refractivity contribution in [3.8, 4) is 0 Å². The van der Waals surface area contributed by atoms with Gasteiger partial charge < -0.3 is 15.0 Å². The molecule has 0 aliphatic heterocycles. The zero-order valence-corrected chi connectivity index (χ0v) is 14.4. The normalized spacial score (nSPS) is 12.1. The van der Waals surface area contributed by atoms with Crippen molar-refractivity contribution in [1.29, 1.82) is 0 Å². The van der Waals surface area contributed by atoms with E-state index in [1.165, 1.54) is 11.1 Å². The average molecular weight is 292 g/mol. The van der Waals surface area contributed by atoms with Crippen LogP contribution in [0.4, 0.5) is 0 Å². The van der Waals surface area contributed by atoms with Gasteiger partial charge in [0.2, 0.25) is 0 Å². The highest BCUT2D eigenvalue weighted by molar-refractivity contribution is 5.26. The van der Waals surface area contributed by atoms with Crippen LogP contribution in [-0.4, -0.2) is 44.2 Å². The van der Waals surface area contributed by atoms with Crippen LogP contribution in [0.15, 0.2) is 24.3 Å². The van der Waals surface area contributed by atoms with Crippen LogP contribution in [0.3, 0.4) is 0 Å². The van der Waals surface area contributed by atoms with Gasteiger partial charge in [0.15, 0.2) is 0 Å². The number of benzene rings is 1. The highest BCUT2D eigenvalue weighted by Gasteiger charge is 2.09. The molecular formula is C18H32N2O.